The van der Waals surface area contributed by atoms with Gasteiger partial charge < -0.3 is 11.1 Å². The van der Waals surface area contributed by atoms with Crippen molar-refractivity contribution in [1.82, 2.24) is 5.32 Å². The standard InChI is InChI=1S/C13H15Cl2F2N3.HI/c1-6(8-3-2-7(14)4-10(8)15)19-13(18)20-11-5-9(11)12(16)17;/h2-4,6,9,11-12H,5H2,1H3,(H3,18,19,20);1H/t6?,9-,11-;/m0./s1. The smallest absolute Gasteiger partial charge is 0.243 e. The van der Waals surface area contributed by atoms with Crippen LogP contribution in [-0.4, -0.2) is 18.4 Å². The minimum atomic E-state index is -2.33. The van der Waals surface area contributed by atoms with E-state index in [2.05, 4.69) is 10.3 Å². The molecule has 118 valence electrons. The van der Waals surface area contributed by atoms with E-state index in [1.165, 1.54) is 0 Å². The topological polar surface area (TPSA) is 50.4 Å². The number of nitrogens with one attached hydrogen (secondary N) is 1. The lowest BCUT2D eigenvalue weighted by atomic mass is 10.1. The Bertz CT molecular complexity index is 528. The normalized spacial score (nSPS) is 22.7. The molecule has 0 amide bonds. The highest BCUT2D eigenvalue weighted by atomic mass is 127. The fraction of sp³-hybridized carbons (Fsp3) is 0.462. The molecule has 1 fully saturated rings. The van der Waals surface area contributed by atoms with Crippen LogP contribution in [0.25, 0.3) is 0 Å². The quantitative estimate of drug-likeness (QED) is 0.410. The largest absolute Gasteiger partial charge is 0.370 e. The van der Waals surface area contributed by atoms with Crippen molar-refractivity contribution in [3.05, 3.63) is 33.8 Å². The molecule has 0 saturated heterocycles. The molecule has 0 spiro atoms. The lowest BCUT2D eigenvalue weighted by molar-refractivity contribution is 0.121. The van der Waals surface area contributed by atoms with Crippen molar-refractivity contribution in [3.8, 4) is 0 Å². The Morgan fingerprint density at radius 2 is 2.10 bits per heavy atom. The van der Waals surface area contributed by atoms with E-state index in [1.807, 2.05) is 6.92 Å². The fourth-order valence-electron chi connectivity index (χ4n) is 1.99. The zero-order chi connectivity index (χ0) is 14.9. The number of halogens is 5. The molecule has 1 aromatic carbocycles. The van der Waals surface area contributed by atoms with Gasteiger partial charge >= 0.3 is 0 Å². The third-order valence-corrected chi connectivity index (χ3v) is 3.79. The van der Waals surface area contributed by atoms with Gasteiger partial charge in [-0.2, -0.15) is 0 Å². The third-order valence-electron chi connectivity index (χ3n) is 3.23. The van der Waals surface area contributed by atoms with Crippen LogP contribution < -0.4 is 11.1 Å². The summed E-state index contributed by atoms with van der Waals surface area (Å²) >= 11 is 11.9. The van der Waals surface area contributed by atoms with Gasteiger partial charge in [-0.3, -0.25) is 0 Å². The average molecular weight is 450 g/mol. The second-order valence-electron chi connectivity index (χ2n) is 4.85. The summed E-state index contributed by atoms with van der Waals surface area (Å²) in [6.07, 6.45) is -1.95. The first-order valence-electron chi connectivity index (χ1n) is 6.21. The molecular formula is C13H16Cl2F2IN3. The lowest BCUT2D eigenvalue weighted by Crippen LogP contribution is -2.34. The molecule has 1 aliphatic carbocycles. The number of alkyl halides is 2. The van der Waals surface area contributed by atoms with Gasteiger partial charge in [-0.1, -0.05) is 29.3 Å². The van der Waals surface area contributed by atoms with Gasteiger partial charge in [0.25, 0.3) is 0 Å². The Hall–Kier alpha value is -0.340. The summed E-state index contributed by atoms with van der Waals surface area (Å²) in [5.74, 6) is -0.513. The van der Waals surface area contributed by atoms with Gasteiger partial charge in [0.2, 0.25) is 6.43 Å². The molecular weight excluding hydrogens is 434 g/mol. The van der Waals surface area contributed by atoms with Crippen LogP contribution in [0.2, 0.25) is 10.0 Å². The molecule has 21 heavy (non-hydrogen) atoms. The molecule has 3 N–H and O–H groups in total. The summed E-state index contributed by atoms with van der Waals surface area (Å²) in [6.45, 7) is 1.86. The van der Waals surface area contributed by atoms with Crippen LogP contribution in [0.5, 0.6) is 0 Å². The predicted octanol–water partition coefficient (Wildman–Crippen LogP) is 4.23. The Labute approximate surface area is 149 Å². The summed E-state index contributed by atoms with van der Waals surface area (Å²) in [4.78, 5) is 4.04. The number of benzene rings is 1. The summed E-state index contributed by atoms with van der Waals surface area (Å²) in [5.41, 5.74) is 6.54. The highest BCUT2D eigenvalue weighted by molar-refractivity contribution is 14.0. The van der Waals surface area contributed by atoms with Crippen molar-refractivity contribution in [2.75, 3.05) is 0 Å². The van der Waals surface area contributed by atoms with Gasteiger partial charge in [0.1, 0.15) is 0 Å². The Morgan fingerprint density at radius 1 is 1.43 bits per heavy atom. The number of rotatable bonds is 4. The highest BCUT2D eigenvalue weighted by Crippen LogP contribution is 2.38. The summed E-state index contributed by atoms with van der Waals surface area (Å²) < 4.78 is 24.8. The van der Waals surface area contributed by atoms with Crippen molar-refractivity contribution in [2.45, 2.75) is 31.9 Å². The maximum Gasteiger partial charge on any atom is 0.243 e. The van der Waals surface area contributed by atoms with Gasteiger partial charge in [0.05, 0.1) is 12.1 Å². The number of hydrogen-bond donors (Lipinski definition) is 2. The first-order chi connectivity index (χ1) is 9.38. The summed E-state index contributed by atoms with van der Waals surface area (Å²) in [6, 6.07) is 4.58. The Balaban J connectivity index is 0.00000220. The SMILES string of the molecule is CC(NC(N)=N[C@H]1C[C@@H]1C(F)F)c1ccc(Cl)cc1Cl.I. The zero-order valence-corrected chi connectivity index (χ0v) is 15.0. The molecule has 3 atom stereocenters. The zero-order valence-electron chi connectivity index (χ0n) is 11.2. The number of guanidine groups is 1. The van der Waals surface area contributed by atoms with E-state index in [0.29, 0.717) is 16.5 Å². The number of nitrogens with two attached hydrogens (primary N) is 1. The molecule has 8 heteroatoms. The van der Waals surface area contributed by atoms with E-state index in [-0.39, 0.29) is 42.0 Å². The van der Waals surface area contributed by atoms with E-state index in [1.54, 1.807) is 18.2 Å². The summed E-state index contributed by atoms with van der Waals surface area (Å²) in [7, 11) is 0. The van der Waals surface area contributed by atoms with Crippen LogP contribution in [-0.2, 0) is 0 Å². The monoisotopic (exact) mass is 449 g/mol. The molecule has 1 unspecified atom stereocenters. The van der Waals surface area contributed by atoms with Gasteiger partial charge in [-0.25, -0.2) is 13.8 Å². The molecule has 0 heterocycles. The predicted molar refractivity (Wildman–Crippen MR) is 92.9 cm³/mol. The van der Waals surface area contributed by atoms with Crippen molar-refractivity contribution in [3.63, 3.8) is 0 Å². The van der Waals surface area contributed by atoms with Crippen molar-refractivity contribution in [2.24, 2.45) is 16.6 Å². The number of aliphatic imine (C=N–C) groups is 1. The van der Waals surface area contributed by atoms with Crippen molar-refractivity contribution < 1.29 is 8.78 Å². The molecule has 3 nitrogen and oxygen atoms in total. The van der Waals surface area contributed by atoms with Crippen LogP contribution in [0.3, 0.4) is 0 Å². The number of hydrogen-bond acceptors (Lipinski definition) is 1. The molecule has 1 aromatic rings. The van der Waals surface area contributed by atoms with E-state index in [0.717, 1.165) is 5.56 Å². The molecule has 0 aromatic heterocycles. The molecule has 1 aliphatic rings. The number of nitrogens with zero attached hydrogens (tertiary/aromatic N) is 1. The van der Waals surface area contributed by atoms with Gasteiger partial charge in [-0.15, -0.1) is 24.0 Å². The van der Waals surface area contributed by atoms with E-state index < -0.39 is 12.3 Å². The molecule has 2 rings (SSSR count). The second-order valence-corrected chi connectivity index (χ2v) is 5.69. The van der Waals surface area contributed by atoms with Crippen LogP contribution in [0.15, 0.2) is 23.2 Å². The van der Waals surface area contributed by atoms with Crippen LogP contribution >= 0.6 is 47.2 Å². The average Bonchev–Trinajstić information content (AvgIpc) is 3.07. The van der Waals surface area contributed by atoms with Crippen molar-refractivity contribution >= 4 is 53.1 Å². The molecule has 1 saturated carbocycles. The van der Waals surface area contributed by atoms with Crippen LogP contribution in [0, 0.1) is 5.92 Å². The van der Waals surface area contributed by atoms with Crippen LogP contribution in [0.4, 0.5) is 8.78 Å². The van der Waals surface area contributed by atoms with Crippen molar-refractivity contribution in [1.29, 1.82) is 0 Å². The van der Waals surface area contributed by atoms with Gasteiger partial charge in [-0.05, 0) is 31.0 Å². The minimum absolute atomic E-state index is 0. The Morgan fingerprint density at radius 3 is 2.62 bits per heavy atom. The van der Waals surface area contributed by atoms with E-state index in [9.17, 15) is 8.78 Å². The van der Waals surface area contributed by atoms with Gasteiger partial charge in [0.15, 0.2) is 5.96 Å². The van der Waals surface area contributed by atoms with Crippen LogP contribution in [0.1, 0.15) is 24.9 Å². The summed E-state index contributed by atoms with van der Waals surface area (Å²) in [5, 5.41) is 4.01. The minimum Gasteiger partial charge on any atom is -0.370 e. The first-order valence-corrected chi connectivity index (χ1v) is 6.97. The fourth-order valence-corrected chi connectivity index (χ4v) is 2.56. The third kappa shape index (κ3) is 5.10. The second kappa shape index (κ2) is 7.78. The molecule has 0 aliphatic heterocycles. The highest BCUT2D eigenvalue weighted by Gasteiger charge is 2.44. The Kier molecular flexibility index (Phi) is 6.93. The first kappa shape index (κ1) is 18.7. The van der Waals surface area contributed by atoms with E-state index >= 15 is 0 Å². The maximum atomic E-state index is 12.4. The molecule has 0 radical (unpaired) electrons. The van der Waals surface area contributed by atoms with E-state index in [4.69, 9.17) is 28.9 Å². The van der Waals surface area contributed by atoms with Gasteiger partial charge in [0, 0.05) is 16.0 Å². The molecule has 0 bridgehead atoms. The maximum absolute atomic E-state index is 12.4. The lowest BCUT2D eigenvalue weighted by Gasteiger charge is -2.16.